The number of rotatable bonds is 3. The van der Waals surface area contributed by atoms with Gasteiger partial charge in [0.05, 0.1) is 6.42 Å². The Balaban J connectivity index is 1.79. The molecule has 6 nitrogen and oxygen atoms in total. The zero-order valence-corrected chi connectivity index (χ0v) is 15.5. The van der Waals surface area contributed by atoms with Crippen LogP contribution in [0.3, 0.4) is 0 Å². The first kappa shape index (κ1) is 17.8. The quantitative estimate of drug-likeness (QED) is 0.870. The smallest absolute Gasteiger partial charge is 0.238 e. The van der Waals surface area contributed by atoms with Crippen molar-refractivity contribution in [3.63, 3.8) is 0 Å². The van der Waals surface area contributed by atoms with Crippen LogP contribution in [0.25, 0.3) is 10.9 Å². The fourth-order valence-corrected chi connectivity index (χ4v) is 3.57. The second-order valence-corrected chi connectivity index (χ2v) is 6.98. The summed E-state index contributed by atoms with van der Waals surface area (Å²) in [5.41, 5.74) is 2.92. The fraction of sp³-hybridized carbons (Fsp3) is 0.444. The van der Waals surface area contributed by atoms with Crippen LogP contribution in [0, 0.1) is 6.92 Å². The van der Waals surface area contributed by atoms with Gasteiger partial charge in [0, 0.05) is 48.3 Å². The average Bonchev–Trinajstić information content (AvgIpc) is 2.89. The molecule has 2 N–H and O–H groups in total. The molecule has 3 rings (SSSR count). The van der Waals surface area contributed by atoms with Gasteiger partial charge in [-0.05, 0) is 37.7 Å². The van der Waals surface area contributed by atoms with Crippen molar-refractivity contribution >= 4 is 34.3 Å². The van der Waals surface area contributed by atoms with Crippen LogP contribution in [0.2, 0.25) is 5.02 Å². The monoisotopic (exact) mass is 362 g/mol. The summed E-state index contributed by atoms with van der Waals surface area (Å²) in [6.07, 6.45) is 0.302. The summed E-state index contributed by atoms with van der Waals surface area (Å²) in [6, 6.07) is 5.34. The van der Waals surface area contributed by atoms with Crippen LogP contribution in [0.5, 0.6) is 0 Å². The first-order valence-corrected chi connectivity index (χ1v) is 8.74. The van der Waals surface area contributed by atoms with Crippen LogP contribution in [0.15, 0.2) is 18.2 Å². The molecule has 25 heavy (non-hydrogen) atoms. The van der Waals surface area contributed by atoms with Gasteiger partial charge in [0.15, 0.2) is 0 Å². The van der Waals surface area contributed by atoms with Crippen molar-refractivity contribution in [2.45, 2.75) is 19.4 Å². The van der Waals surface area contributed by atoms with Crippen LogP contribution in [-0.2, 0) is 16.0 Å². The topological polar surface area (TPSA) is 68.4 Å². The number of piperazine rings is 1. The number of likely N-dealkylation sites (N-methyl/N-ethyl adjacent to an activating group) is 2. The molecular formula is C18H23ClN4O2. The molecule has 7 heteroatoms. The SMILES string of the molecule is CNC(=O)[C@@H]1CN(C(=O)Cc2c(C)[nH]c3ccc(Cl)cc23)CCN1C. The predicted octanol–water partition coefficient (Wildman–Crippen LogP) is 1.56. The van der Waals surface area contributed by atoms with E-state index in [1.807, 2.05) is 37.1 Å². The number of nitrogens with zero attached hydrogens (tertiary/aromatic N) is 2. The molecule has 0 spiro atoms. The van der Waals surface area contributed by atoms with Crippen molar-refractivity contribution in [1.82, 2.24) is 20.1 Å². The van der Waals surface area contributed by atoms with E-state index in [1.165, 1.54) is 0 Å². The number of aromatic nitrogens is 1. The molecule has 0 aliphatic carbocycles. The number of hydrogen-bond donors (Lipinski definition) is 2. The summed E-state index contributed by atoms with van der Waals surface area (Å²) in [5.74, 6) is -0.0268. The highest BCUT2D eigenvalue weighted by atomic mass is 35.5. The van der Waals surface area contributed by atoms with Gasteiger partial charge in [0.1, 0.15) is 6.04 Å². The van der Waals surface area contributed by atoms with E-state index >= 15 is 0 Å². The molecule has 0 bridgehead atoms. The maximum atomic E-state index is 12.8. The number of benzene rings is 1. The fourth-order valence-electron chi connectivity index (χ4n) is 3.40. The molecule has 1 saturated heterocycles. The van der Waals surface area contributed by atoms with Gasteiger partial charge < -0.3 is 15.2 Å². The van der Waals surface area contributed by atoms with Gasteiger partial charge >= 0.3 is 0 Å². The van der Waals surface area contributed by atoms with Gasteiger partial charge in [-0.2, -0.15) is 0 Å². The van der Waals surface area contributed by atoms with Crippen molar-refractivity contribution in [2.75, 3.05) is 33.7 Å². The molecule has 1 aromatic heterocycles. The molecule has 1 aliphatic rings. The third-order valence-corrected chi connectivity index (χ3v) is 5.19. The zero-order chi connectivity index (χ0) is 18.1. The minimum atomic E-state index is -0.304. The number of carbonyl (C=O) groups is 2. The van der Waals surface area contributed by atoms with E-state index in [2.05, 4.69) is 10.3 Å². The van der Waals surface area contributed by atoms with Crippen molar-refractivity contribution in [3.8, 4) is 0 Å². The lowest BCUT2D eigenvalue weighted by Crippen LogP contribution is -2.58. The molecule has 1 atom stereocenters. The zero-order valence-electron chi connectivity index (χ0n) is 14.7. The van der Waals surface area contributed by atoms with Crippen molar-refractivity contribution in [2.24, 2.45) is 0 Å². The van der Waals surface area contributed by atoms with Gasteiger partial charge in [-0.15, -0.1) is 0 Å². The Morgan fingerprint density at radius 3 is 2.84 bits per heavy atom. The highest BCUT2D eigenvalue weighted by molar-refractivity contribution is 6.31. The molecule has 1 fully saturated rings. The lowest BCUT2D eigenvalue weighted by atomic mass is 10.1. The maximum absolute atomic E-state index is 12.8. The second kappa shape index (κ2) is 7.06. The normalized spacial score (nSPS) is 18.6. The van der Waals surface area contributed by atoms with E-state index in [0.29, 0.717) is 31.1 Å². The largest absolute Gasteiger partial charge is 0.358 e. The summed E-state index contributed by atoms with van der Waals surface area (Å²) in [5, 5.41) is 4.31. The molecule has 2 amide bonds. The number of halogens is 1. The Kier molecular flexibility index (Phi) is 5.01. The van der Waals surface area contributed by atoms with E-state index in [0.717, 1.165) is 22.2 Å². The summed E-state index contributed by atoms with van der Waals surface area (Å²) >= 11 is 6.11. The van der Waals surface area contributed by atoms with Gasteiger partial charge in [-0.1, -0.05) is 11.6 Å². The summed E-state index contributed by atoms with van der Waals surface area (Å²) < 4.78 is 0. The molecule has 2 heterocycles. The molecule has 0 unspecified atom stereocenters. The number of aromatic amines is 1. The maximum Gasteiger partial charge on any atom is 0.238 e. The third kappa shape index (κ3) is 3.50. The number of nitrogens with one attached hydrogen (secondary N) is 2. The Bertz CT molecular complexity index is 817. The first-order chi connectivity index (χ1) is 11.9. The molecule has 134 valence electrons. The van der Waals surface area contributed by atoms with Gasteiger partial charge in [-0.3, -0.25) is 14.5 Å². The standard InChI is InChI=1S/C18H23ClN4O2/c1-11-13(14-8-12(19)4-5-15(14)21-11)9-17(24)23-7-6-22(3)16(10-23)18(25)20-2/h4-5,8,16,21H,6-7,9-10H2,1-3H3,(H,20,25)/t16-/m0/s1. The number of carbonyl (C=O) groups excluding carboxylic acids is 2. The first-order valence-electron chi connectivity index (χ1n) is 8.37. The van der Waals surface area contributed by atoms with E-state index in [1.54, 1.807) is 11.9 Å². The average molecular weight is 363 g/mol. The van der Waals surface area contributed by atoms with E-state index < -0.39 is 0 Å². The number of aryl methyl sites for hydroxylation is 1. The predicted molar refractivity (Wildman–Crippen MR) is 98.8 cm³/mol. The molecule has 2 aromatic rings. The lowest BCUT2D eigenvalue weighted by Gasteiger charge is -2.38. The molecule has 0 saturated carbocycles. The highest BCUT2D eigenvalue weighted by Gasteiger charge is 2.31. The highest BCUT2D eigenvalue weighted by Crippen LogP contribution is 2.26. The van der Waals surface area contributed by atoms with Crippen molar-refractivity contribution in [3.05, 3.63) is 34.5 Å². The third-order valence-electron chi connectivity index (χ3n) is 4.96. The molecule has 1 aliphatic heterocycles. The Morgan fingerprint density at radius 2 is 2.12 bits per heavy atom. The van der Waals surface area contributed by atoms with Gasteiger partial charge in [-0.25, -0.2) is 0 Å². The van der Waals surface area contributed by atoms with Crippen LogP contribution >= 0.6 is 11.6 Å². The van der Waals surface area contributed by atoms with Crippen molar-refractivity contribution in [1.29, 1.82) is 0 Å². The molecule has 0 radical (unpaired) electrons. The summed E-state index contributed by atoms with van der Waals surface area (Å²) in [4.78, 5) is 31.9. The number of fused-ring (bicyclic) bond motifs is 1. The van der Waals surface area contributed by atoms with Crippen LogP contribution in [0.1, 0.15) is 11.3 Å². The van der Waals surface area contributed by atoms with Crippen molar-refractivity contribution < 1.29 is 9.59 Å². The van der Waals surface area contributed by atoms with Crippen LogP contribution in [-0.4, -0.2) is 66.4 Å². The Hall–Kier alpha value is -2.05. The van der Waals surface area contributed by atoms with Gasteiger partial charge in [0.2, 0.25) is 11.8 Å². The lowest BCUT2D eigenvalue weighted by molar-refractivity contribution is -0.136. The van der Waals surface area contributed by atoms with E-state index in [-0.39, 0.29) is 17.9 Å². The molecule has 1 aromatic carbocycles. The number of hydrogen-bond acceptors (Lipinski definition) is 3. The van der Waals surface area contributed by atoms with Crippen LogP contribution < -0.4 is 5.32 Å². The minimum Gasteiger partial charge on any atom is -0.358 e. The summed E-state index contributed by atoms with van der Waals surface area (Å²) in [7, 11) is 3.53. The minimum absolute atomic E-state index is 0.0333. The molecular weight excluding hydrogens is 340 g/mol. The van der Waals surface area contributed by atoms with Gasteiger partial charge in [0.25, 0.3) is 0 Å². The Morgan fingerprint density at radius 1 is 1.36 bits per heavy atom. The van der Waals surface area contributed by atoms with E-state index in [9.17, 15) is 9.59 Å². The number of H-pyrrole nitrogens is 1. The summed E-state index contributed by atoms with van der Waals surface area (Å²) in [6.45, 7) is 3.69. The second-order valence-electron chi connectivity index (χ2n) is 6.55. The van der Waals surface area contributed by atoms with E-state index in [4.69, 9.17) is 11.6 Å². The van der Waals surface area contributed by atoms with Crippen LogP contribution in [0.4, 0.5) is 0 Å². The number of amides is 2. The Labute approximate surface area is 152 Å².